The summed E-state index contributed by atoms with van der Waals surface area (Å²) in [6.45, 7) is 7.90. The highest BCUT2D eigenvalue weighted by atomic mass is 16.6. The molecule has 26 heavy (non-hydrogen) atoms. The number of rotatable bonds is 6. The fraction of sp³-hybridized carbons (Fsp3) is 0.556. The van der Waals surface area contributed by atoms with Gasteiger partial charge in [-0.1, -0.05) is 0 Å². The second-order valence-electron chi connectivity index (χ2n) is 7.04. The molecule has 1 unspecified atom stereocenters. The highest BCUT2D eigenvalue weighted by Gasteiger charge is 2.34. The summed E-state index contributed by atoms with van der Waals surface area (Å²) in [5.41, 5.74) is 0.150. The quantitative estimate of drug-likeness (QED) is 0.226. The van der Waals surface area contributed by atoms with E-state index in [-0.39, 0.29) is 5.97 Å². The lowest BCUT2D eigenvalue weighted by Gasteiger charge is -2.37. The molecule has 0 amide bonds. The fourth-order valence-corrected chi connectivity index (χ4v) is 2.63. The third-order valence-electron chi connectivity index (χ3n) is 3.81. The minimum Gasteiger partial charge on any atom is -0.491 e. The van der Waals surface area contributed by atoms with Gasteiger partial charge in [0, 0.05) is 25.2 Å². The van der Waals surface area contributed by atoms with Crippen molar-refractivity contribution in [1.29, 1.82) is 5.41 Å². The molecule has 0 aliphatic carbocycles. The van der Waals surface area contributed by atoms with Crippen molar-refractivity contribution in [2.75, 3.05) is 32.8 Å². The topological polar surface area (TPSA) is 110 Å². The van der Waals surface area contributed by atoms with E-state index in [0.717, 1.165) is 0 Å². The maximum absolute atomic E-state index is 12.5. The lowest BCUT2D eigenvalue weighted by atomic mass is 10.1. The first kappa shape index (κ1) is 20.2. The highest BCUT2D eigenvalue weighted by molar-refractivity contribution is 5.99. The molecule has 1 aromatic carbocycles. The summed E-state index contributed by atoms with van der Waals surface area (Å²) in [7, 11) is 0. The van der Waals surface area contributed by atoms with Gasteiger partial charge < -0.3 is 24.5 Å². The number of ether oxygens (including phenoxy) is 2. The first-order valence-corrected chi connectivity index (χ1v) is 8.65. The number of hydrogen-bond donors (Lipinski definition) is 3. The number of piperazine rings is 1. The van der Waals surface area contributed by atoms with Crippen LogP contribution < -0.4 is 16.0 Å². The molecule has 8 nitrogen and oxygen atoms in total. The van der Waals surface area contributed by atoms with Gasteiger partial charge in [0.1, 0.15) is 36.4 Å². The Hall–Kier alpha value is -2.16. The van der Waals surface area contributed by atoms with Gasteiger partial charge >= 0.3 is 5.97 Å². The van der Waals surface area contributed by atoms with Crippen molar-refractivity contribution in [2.45, 2.75) is 32.4 Å². The minimum absolute atomic E-state index is 0.291. The Morgan fingerprint density at radius 1 is 1.31 bits per heavy atom. The first-order chi connectivity index (χ1) is 12.3. The molecule has 0 spiro atoms. The van der Waals surface area contributed by atoms with Crippen LogP contribution in [0.1, 0.15) is 26.3 Å². The lowest BCUT2D eigenvalue weighted by molar-refractivity contribution is -0.160. The van der Waals surface area contributed by atoms with Crippen molar-refractivity contribution < 1.29 is 19.1 Å². The second kappa shape index (κ2) is 8.98. The van der Waals surface area contributed by atoms with Crippen molar-refractivity contribution in [3.8, 4) is 5.75 Å². The van der Waals surface area contributed by atoms with E-state index in [1.54, 1.807) is 29.2 Å². The van der Waals surface area contributed by atoms with Gasteiger partial charge in [-0.25, -0.2) is 10.7 Å². The number of benzene rings is 1. The Morgan fingerprint density at radius 3 is 2.62 bits per heavy atom. The standard InChI is InChI=1S/C18H28N4O4/c1-18(2,3)26-17(23)15-12-21-8-9-22(15)16(19)13-4-6-14(7-5-13)24-10-11-25-20/h4-7,15,19,21H,8-12,20H2,1-3H3. The number of amidine groups is 1. The number of carbonyl (C=O) groups is 1. The Balaban J connectivity index is 2.06. The van der Waals surface area contributed by atoms with Gasteiger partial charge in [0.15, 0.2) is 0 Å². The monoisotopic (exact) mass is 364 g/mol. The molecule has 0 aromatic heterocycles. The van der Waals surface area contributed by atoms with Gasteiger partial charge in [-0.2, -0.15) is 0 Å². The summed E-state index contributed by atoms with van der Waals surface area (Å²) in [4.78, 5) is 18.8. The summed E-state index contributed by atoms with van der Waals surface area (Å²) >= 11 is 0. The van der Waals surface area contributed by atoms with E-state index >= 15 is 0 Å². The van der Waals surface area contributed by atoms with Crippen LogP contribution in [0.2, 0.25) is 0 Å². The van der Waals surface area contributed by atoms with Crippen molar-refractivity contribution in [3.63, 3.8) is 0 Å². The van der Waals surface area contributed by atoms with Gasteiger partial charge in [-0.3, -0.25) is 5.41 Å². The number of hydrogen-bond acceptors (Lipinski definition) is 7. The molecule has 1 saturated heterocycles. The largest absolute Gasteiger partial charge is 0.491 e. The van der Waals surface area contributed by atoms with E-state index in [2.05, 4.69) is 10.2 Å². The molecular formula is C18H28N4O4. The summed E-state index contributed by atoms with van der Waals surface area (Å²) in [6, 6.07) is 6.65. The molecule has 1 aromatic rings. The maximum Gasteiger partial charge on any atom is 0.330 e. The molecular weight excluding hydrogens is 336 g/mol. The third-order valence-corrected chi connectivity index (χ3v) is 3.81. The van der Waals surface area contributed by atoms with Gasteiger partial charge in [-0.05, 0) is 45.0 Å². The van der Waals surface area contributed by atoms with Crippen LogP contribution in [0.3, 0.4) is 0 Å². The molecule has 2 rings (SSSR count). The maximum atomic E-state index is 12.5. The molecule has 0 radical (unpaired) electrons. The van der Waals surface area contributed by atoms with E-state index in [1.165, 1.54) is 0 Å². The number of esters is 1. The van der Waals surface area contributed by atoms with Crippen LogP contribution in [-0.4, -0.2) is 61.2 Å². The zero-order valence-corrected chi connectivity index (χ0v) is 15.6. The Kier molecular flexibility index (Phi) is 6.96. The average molecular weight is 364 g/mol. The molecule has 8 heteroatoms. The Morgan fingerprint density at radius 2 is 2.00 bits per heavy atom. The summed E-state index contributed by atoms with van der Waals surface area (Å²) in [5, 5.41) is 11.7. The molecule has 4 N–H and O–H groups in total. The normalized spacial score (nSPS) is 17.7. The van der Waals surface area contributed by atoms with E-state index in [9.17, 15) is 4.79 Å². The molecule has 1 aliphatic heterocycles. The van der Waals surface area contributed by atoms with E-state index in [1.807, 2.05) is 20.8 Å². The molecule has 144 valence electrons. The third kappa shape index (κ3) is 5.69. The van der Waals surface area contributed by atoms with Crippen LogP contribution in [0.25, 0.3) is 0 Å². The molecule has 1 atom stereocenters. The van der Waals surface area contributed by atoms with Gasteiger partial charge in [-0.15, -0.1) is 0 Å². The molecule has 0 saturated carbocycles. The first-order valence-electron chi connectivity index (χ1n) is 8.65. The fourth-order valence-electron chi connectivity index (χ4n) is 2.63. The Bertz CT molecular complexity index is 613. The van der Waals surface area contributed by atoms with Crippen molar-refractivity contribution in [3.05, 3.63) is 29.8 Å². The Labute approximate surface area is 154 Å². The smallest absolute Gasteiger partial charge is 0.330 e. The summed E-state index contributed by atoms with van der Waals surface area (Å²) in [6.07, 6.45) is 0. The van der Waals surface area contributed by atoms with Crippen LogP contribution in [-0.2, 0) is 14.4 Å². The number of carbonyl (C=O) groups excluding carboxylic acids is 1. The SMILES string of the molecule is CC(C)(C)OC(=O)C1CNCCN1C(=N)c1ccc(OCCON)cc1. The number of nitrogens with zero attached hydrogens (tertiary/aromatic N) is 1. The molecule has 1 heterocycles. The zero-order valence-electron chi connectivity index (χ0n) is 15.6. The minimum atomic E-state index is -0.561. The predicted octanol–water partition coefficient (Wildman–Crippen LogP) is 0.897. The van der Waals surface area contributed by atoms with Crippen molar-refractivity contribution in [1.82, 2.24) is 10.2 Å². The summed E-state index contributed by atoms with van der Waals surface area (Å²) in [5.74, 6) is 5.60. The van der Waals surface area contributed by atoms with Crippen LogP contribution >= 0.6 is 0 Å². The van der Waals surface area contributed by atoms with Crippen LogP contribution in [0, 0.1) is 5.41 Å². The van der Waals surface area contributed by atoms with Crippen molar-refractivity contribution in [2.24, 2.45) is 5.90 Å². The van der Waals surface area contributed by atoms with Gasteiger partial charge in [0.2, 0.25) is 0 Å². The highest BCUT2D eigenvalue weighted by Crippen LogP contribution is 2.18. The zero-order chi connectivity index (χ0) is 19.2. The van der Waals surface area contributed by atoms with Crippen LogP contribution in [0.4, 0.5) is 0 Å². The van der Waals surface area contributed by atoms with E-state index < -0.39 is 11.6 Å². The van der Waals surface area contributed by atoms with Gasteiger partial charge in [0.25, 0.3) is 0 Å². The van der Waals surface area contributed by atoms with E-state index in [4.69, 9.17) is 20.8 Å². The van der Waals surface area contributed by atoms with E-state index in [0.29, 0.717) is 50.0 Å². The number of nitrogens with one attached hydrogen (secondary N) is 2. The lowest BCUT2D eigenvalue weighted by Crippen LogP contribution is -2.58. The molecule has 1 fully saturated rings. The predicted molar refractivity (Wildman–Crippen MR) is 98.1 cm³/mol. The van der Waals surface area contributed by atoms with Crippen molar-refractivity contribution >= 4 is 11.8 Å². The van der Waals surface area contributed by atoms with Gasteiger partial charge in [0.05, 0.1) is 0 Å². The molecule has 0 bridgehead atoms. The van der Waals surface area contributed by atoms with Crippen LogP contribution in [0.5, 0.6) is 5.75 Å². The second-order valence-corrected chi connectivity index (χ2v) is 7.04. The number of nitrogens with two attached hydrogens (primary N) is 1. The van der Waals surface area contributed by atoms with Crippen LogP contribution in [0.15, 0.2) is 24.3 Å². The molecule has 1 aliphatic rings. The average Bonchev–Trinajstić information content (AvgIpc) is 2.60. The summed E-state index contributed by atoms with van der Waals surface area (Å²) < 4.78 is 11.0.